The highest BCUT2D eigenvalue weighted by Crippen LogP contribution is 2.29. The second kappa shape index (κ2) is 6.20. The van der Waals surface area contributed by atoms with Gasteiger partial charge in [0.15, 0.2) is 0 Å². The van der Waals surface area contributed by atoms with Gasteiger partial charge >= 0.3 is 0 Å². The van der Waals surface area contributed by atoms with E-state index in [1.807, 2.05) is 37.4 Å². The third-order valence-corrected chi connectivity index (χ3v) is 4.51. The predicted molar refractivity (Wildman–Crippen MR) is 84.2 cm³/mol. The molecular weight excluding hydrogens is 377 g/mol. The van der Waals surface area contributed by atoms with E-state index in [2.05, 4.69) is 49.3 Å². The van der Waals surface area contributed by atoms with E-state index in [4.69, 9.17) is 11.6 Å². The fourth-order valence-corrected chi connectivity index (χ4v) is 2.65. The molecule has 94 valence electrons. The van der Waals surface area contributed by atoms with Gasteiger partial charge in [0.05, 0.1) is 11.1 Å². The Morgan fingerprint density at radius 2 is 1.61 bits per heavy atom. The van der Waals surface area contributed by atoms with Crippen molar-refractivity contribution in [2.45, 2.75) is 6.04 Å². The third kappa shape index (κ3) is 3.15. The van der Waals surface area contributed by atoms with Gasteiger partial charge in [0.1, 0.15) is 0 Å². The van der Waals surface area contributed by atoms with Crippen LogP contribution in [0, 0.1) is 0 Å². The first-order valence-corrected chi connectivity index (χ1v) is 7.46. The van der Waals surface area contributed by atoms with Crippen LogP contribution in [-0.4, -0.2) is 7.05 Å². The molecule has 0 aliphatic heterocycles. The molecule has 1 N–H and O–H groups in total. The maximum Gasteiger partial charge on any atom is 0.0574 e. The number of halogens is 3. The quantitative estimate of drug-likeness (QED) is 0.763. The zero-order chi connectivity index (χ0) is 13.1. The molecule has 2 aromatic rings. The second-order valence-corrected chi connectivity index (χ2v) is 6.12. The van der Waals surface area contributed by atoms with Crippen molar-refractivity contribution in [3.63, 3.8) is 0 Å². The average Bonchev–Trinajstić information content (AvgIpc) is 2.37. The normalized spacial score (nSPS) is 12.4. The van der Waals surface area contributed by atoms with E-state index in [0.717, 1.165) is 14.0 Å². The van der Waals surface area contributed by atoms with Crippen molar-refractivity contribution in [1.29, 1.82) is 0 Å². The molecule has 4 heteroatoms. The summed E-state index contributed by atoms with van der Waals surface area (Å²) in [5, 5.41) is 4.05. The van der Waals surface area contributed by atoms with E-state index < -0.39 is 0 Å². The van der Waals surface area contributed by atoms with Crippen LogP contribution in [0.3, 0.4) is 0 Å². The van der Waals surface area contributed by atoms with Gasteiger partial charge in [-0.15, -0.1) is 0 Å². The molecule has 0 amide bonds. The molecule has 0 fully saturated rings. The van der Waals surface area contributed by atoms with E-state index in [1.165, 1.54) is 11.1 Å². The minimum Gasteiger partial charge on any atom is -0.309 e. The van der Waals surface area contributed by atoms with Gasteiger partial charge < -0.3 is 5.32 Å². The zero-order valence-electron chi connectivity index (χ0n) is 9.75. The summed E-state index contributed by atoms with van der Waals surface area (Å²) in [4.78, 5) is 0. The van der Waals surface area contributed by atoms with Gasteiger partial charge in [-0.1, -0.05) is 45.7 Å². The van der Waals surface area contributed by atoms with Gasteiger partial charge in [-0.25, -0.2) is 0 Å². The fourth-order valence-electron chi connectivity index (χ4n) is 1.87. The number of hydrogen-bond acceptors (Lipinski definition) is 1. The van der Waals surface area contributed by atoms with E-state index in [-0.39, 0.29) is 6.04 Å². The monoisotopic (exact) mass is 387 g/mol. The summed E-state index contributed by atoms with van der Waals surface area (Å²) in [6, 6.07) is 14.5. The van der Waals surface area contributed by atoms with Crippen LogP contribution in [0.25, 0.3) is 0 Å². The highest BCUT2D eigenvalue weighted by molar-refractivity contribution is 9.10. The first-order valence-electron chi connectivity index (χ1n) is 5.49. The van der Waals surface area contributed by atoms with E-state index >= 15 is 0 Å². The maximum absolute atomic E-state index is 6.02. The maximum atomic E-state index is 6.02. The summed E-state index contributed by atoms with van der Waals surface area (Å²) >= 11 is 12.9. The minimum absolute atomic E-state index is 0.159. The molecule has 0 saturated heterocycles. The number of nitrogens with one attached hydrogen (secondary N) is 1. The lowest BCUT2D eigenvalue weighted by Crippen LogP contribution is -2.17. The summed E-state index contributed by atoms with van der Waals surface area (Å²) in [5.41, 5.74) is 2.39. The van der Waals surface area contributed by atoms with Crippen LogP contribution in [0.1, 0.15) is 17.2 Å². The highest BCUT2D eigenvalue weighted by Gasteiger charge is 2.12. The predicted octanol–water partition coefficient (Wildman–Crippen LogP) is 5.17. The molecule has 0 radical (unpaired) electrons. The Bertz CT molecular complexity index is 540. The van der Waals surface area contributed by atoms with Gasteiger partial charge in [0, 0.05) is 8.95 Å². The van der Waals surface area contributed by atoms with Crippen LogP contribution >= 0.6 is 43.5 Å². The van der Waals surface area contributed by atoms with Crippen molar-refractivity contribution in [2.75, 3.05) is 7.05 Å². The number of benzene rings is 2. The average molecular weight is 390 g/mol. The molecule has 0 heterocycles. The van der Waals surface area contributed by atoms with Gasteiger partial charge in [-0.05, 0) is 58.4 Å². The summed E-state index contributed by atoms with van der Waals surface area (Å²) in [6.07, 6.45) is 0. The van der Waals surface area contributed by atoms with Gasteiger partial charge in [-0.3, -0.25) is 0 Å². The molecule has 2 rings (SSSR count). The standard InChI is InChI=1S/C14H12Br2ClN/c1-18-14(9-2-5-11(15)6-3-9)10-4-7-13(17)12(16)8-10/h2-8,14,18H,1H3. The number of hydrogen-bond donors (Lipinski definition) is 1. The lowest BCUT2D eigenvalue weighted by atomic mass is 9.99. The largest absolute Gasteiger partial charge is 0.309 e. The minimum atomic E-state index is 0.159. The Labute approximate surface area is 129 Å². The summed E-state index contributed by atoms with van der Waals surface area (Å²) in [6.45, 7) is 0. The summed E-state index contributed by atoms with van der Waals surface area (Å²) in [5.74, 6) is 0. The fraction of sp³-hybridized carbons (Fsp3) is 0.143. The van der Waals surface area contributed by atoms with E-state index in [0.29, 0.717) is 0 Å². The second-order valence-electron chi connectivity index (χ2n) is 3.95. The molecule has 0 bridgehead atoms. The van der Waals surface area contributed by atoms with Crippen molar-refractivity contribution < 1.29 is 0 Å². The van der Waals surface area contributed by atoms with E-state index in [9.17, 15) is 0 Å². The van der Waals surface area contributed by atoms with Crippen molar-refractivity contribution >= 4 is 43.5 Å². The van der Waals surface area contributed by atoms with Crippen molar-refractivity contribution in [1.82, 2.24) is 5.32 Å². The van der Waals surface area contributed by atoms with Gasteiger partial charge in [0.2, 0.25) is 0 Å². The molecule has 2 aromatic carbocycles. The van der Waals surface area contributed by atoms with Crippen molar-refractivity contribution in [3.8, 4) is 0 Å². The smallest absolute Gasteiger partial charge is 0.0574 e. The molecule has 0 spiro atoms. The summed E-state index contributed by atoms with van der Waals surface area (Å²) in [7, 11) is 1.95. The lowest BCUT2D eigenvalue weighted by molar-refractivity contribution is 0.691. The molecule has 1 atom stereocenters. The SMILES string of the molecule is CNC(c1ccc(Br)cc1)c1ccc(Cl)c(Br)c1. The Hall–Kier alpha value is -0.350. The first kappa shape index (κ1) is 14.1. The van der Waals surface area contributed by atoms with Crippen molar-refractivity contribution in [3.05, 3.63) is 67.6 Å². The molecule has 1 nitrogen and oxygen atoms in total. The molecule has 1 unspecified atom stereocenters. The van der Waals surface area contributed by atoms with Crippen LogP contribution in [0.5, 0.6) is 0 Å². The molecule has 18 heavy (non-hydrogen) atoms. The van der Waals surface area contributed by atoms with Crippen LogP contribution < -0.4 is 5.32 Å². The molecule has 0 saturated carbocycles. The van der Waals surface area contributed by atoms with E-state index in [1.54, 1.807) is 0 Å². The Morgan fingerprint density at radius 1 is 1.00 bits per heavy atom. The zero-order valence-corrected chi connectivity index (χ0v) is 13.7. The highest BCUT2D eigenvalue weighted by atomic mass is 79.9. The Kier molecular flexibility index (Phi) is 4.84. The Morgan fingerprint density at radius 3 is 2.17 bits per heavy atom. The van der Waals surface area contributed by atoms with Gasteiger partial charge in [0.25, 0.3) is 0 Å². The Balaban J connectivity index is 2.38. The molecule has 0 aromatic heterocycles. The molecular formula is C14H12Br2ClN. The topological polar surface area (TPSA) is 12.0 Å². The lowest BCUT2D eigenvalue weighted by Gasteiger charge is -2.18. The molecule has 0 aliphatic carbocycles. The number of rotatable bonds is 3. The first-order chi connectivity index (χ1) is 8.61. The van der Waals surface area contributed by atoms with Crippen LogP contribution in [0.15, 0.2) is 51.4 Å². The van der Waals surface area contributed by atoms with Crippen molar-refractivity contribution in [2.24, 2.45) is 0 Å². The van der Waals surface area contributed by atoms with Crippen LogP contribution in [-0.2, 0) is 0 Å². The van der Waals surface area contributed by atoms with Crippen LogP contribution in [0.4, 0.5) is 0 Å². The molecule has 0 aliphatic rings. The summed E-state index contributed by atoms with van der Waals surface area (Å²) < 4.78 is 2.00. The van der Waals surface area contributed by atoms with Gasteiger partial charge in [-0.2, -0.15) is 0 Å². The van der Waals surface area contributed by atoms with Crippen LogP contribution in [0.2, 0.25) is 5.02 Å². The third-order valence-electron chi connectivity index (χ3n) is 2.77.